The molecule has 0 aromatic carbocycles. The molecule has 1 heterocycles. The molecule has 0 unspecified atom stereocenters. The predicted octanol–water partition coefficient (Wildman–Crippen LogP) is 3.45. The molecule has 1 aliphatic carbocycles. The molecule has 0 saturated heterocycles. The lowest BCUT2D eigenvalue weighted by atomic mass is 9.89. The highest BCUT2D eigenvalue weighted by molar-refractivity contribution is 4.95. The van der Waals surface area contributed by atoms with Crippen LogP contribution in [-0.2, 0) is 0 Å². The Kier molecular flexibility index (Phi) is 4.63. The van der Waals surface area contributed by atoms with Crippen LogP contribution in [0.2, 0.25) is 0 Å². The first-order valence-corrected chi connectivity index (χ1v) is 5.66. The van der Waals surface area contributed by atoms with Crippen LogP contribution in [0, 0.1) is 6.92 Å². The van der Waals surface area contributed by atoms with Gasteiger partial charge in [-0.1, -0.05) is 38.3 Å². The molecule has 2 rings (SSSR count). The van der Waals surface area contributed by atoms with Crippen molar-refractivity contribution in [3.63, 3.8) is 0 Å². The Morgan fingerprint density at radius 2 is 1.79 bits per heavy atom. The lowest BCUT2D eigenvalue weighted by Crippen LogP contribution is -2.05. The zero-order chi connectivity index (χ0) is 10.4. The molecule has 0 atom stereocenters. The van der Waals surface area contributed by atoms with Gasteiger partial charge in [0.05, 0.1) is 0 Å². The maximum Gasteiger partial charge on any atom is 0.223 e. The third kappa shape index (κ3) is 2.82. The lowest BCUT2D eigenvalue weighted by molar-refractivity contribution is 0.367. The average Bonchev–Trinajstić information content (AvgIpc) is 2.69. The van der Waals surface area contributed by atoms with Gasteiger partial charge in [-0.2, -0.15) is 4.98 Å². The van der Waals surface area contributed by atoms with Crippen molar-refractivity contribution >= 4 is 0 Å². The van der Waals surface area contributed by atoms with Gasteiger partial charge in [0.15, 0.2) is 5.82 Å². The van der Waals surface area contributed by atoms with Crippen molar-refractivity contribution < 1.29 is 4.52 Å². The summed E-state index contributed by atoms with van der Waals surface area (Å²) in [6, 6.07) is 0. The smallest absolute Gasteiger partial charge is 0.223 e. The average molecular weight is 196 g/mol. The van der Waals surface area contributed by atoms with Crippen LogP contribution >= 0.6 is 0 Å². The van der Waals surface area contributed by atoms with Crippen molar-refractivity contribution in [1.82, 2.24) is 10.1 Å². The summed E-state index contributed by atoms with van der Waals surface area (Å²) in [5, 5.41) is 3.95. The molecular weight excluding hydrogens is 176 g/mol. The van der Waals surface area contributed by atoms with Crippen molar-refractivity contribution in [1.29, 1.82) is 0 Å². The molecule has 3 nitrogen and oxygen atoms in total. The van der Waals surface area contributed by atoms with Gasteiger partial charge >= 0.3 is 0 Å². The van der Waals surface area contributed by atoms with Crippen molar-refractivity contribution in [2.45, 2.75) is 58.8 Å². The second-order valence-electron chi connectivity index (χ2n) is 3.51. The van der Waals surface area contributed by atoms with Gasteiger partial charge in [0, 0.05) is 12.8 Å². The summed E-state index contributed by atoms with van der Waals surface area (Å²) in [6.45, 7) is 5.85. The van der Waals surface area contributed by atoms with Crippen LogP contribution in [0.1, 0.15) is 63.6 Å². The highest BCUT2D eigenvalue weighted by atomic mass is 16.5. The minimum Gasteiger partial charge on any atom is -0.340 e. The number of hydrogen-bond acceptors (Lipinski definition) is 3. The van der Waals surface area contributed by atoms with E-state index in [0.29, 0.717) is 11.8 Å². The van der Waals surface area contributed by atoms with E-state index < -0.39 is 0 Å². The van der Waals surface area contributed by atoms with E-state index in [2.05, 4.69) is 10.1 Å². The summed E-state index contributed by atoms with van der Waals surface area (Å²) in [5.74, 6) is 2.18. The Balaban J connectivity index is 0.000000461. The molecule has 0 amide bonds. The van der Waals surface area contributed by atoms with Crippen molar-refractivity contribution in [2.75, 3.05) is 0 Å². The van der Waals surface area contributed by atoms with Gasteiger partial charge in [-0.25, -0.2) is 0 Å². The van der Waals surface area contributed by atoms with Crippen molar-refractivity contribution in [2.24, 2.45) is 0 Å². The highest BCUT2D eigenvalue weighted by Crippen LogP contribution is 2.30. The summed E-state index contributed by atoms with van der Waals surface area (Å²) >= 11 is 0. The molecule has 14 heavy (non-hydrogen) atoms. The zero-order valence-electron chi connectivity index (χ0n) is 9.42. The van der Waals surface area contributed by atoms with E-state index in [0.717, 1.165) is 5.82 Å². The first kappa shape index (κ1) is 11.2. The molecule has 1 aromatic heterocycles. The van der Waals surface area contributed by atoms with Gasteiger partial charge in [-0.15, -0.1) is 0 Å². The van der Waals surface area contributed by atoms with E-state index in [4.69, 9.17) is 4.52 Å². The molecule has 80 valence electrons. The lowest BCUT2D eigenvalue weighted by Gasteiger charge is -2.17. The Morgan fingerprint density at radius 3 is 2.29 bits per heavy atom. The van der Waals surface area contributed by atoms with Crippen LogP contribution in [0.4, 0.5) is 0 Å². The molecule has 0 N–H and O–H groups in total. The highest BCUT2D eigenvalue weighted by Gasteiger charge is 2.19. The maximum atomic E-state index is 4.96. The van der Waals surface area contributed by atoms with Gasteiger partial charge in [0.25, 0.3) is 0 Å². The number of rotatable bonds is 1. The molecule has 0 aliphatic heterocycles. The third-order valence-corrected chi connectivity index (χ3v) is 2.51. The standard InChI is InChI=1S/C9H14N2O.C2H6/c1-7-10-9(11-12-7)8-5-3-2-4-6-8;1-2/h8H,2-6H2,1H3;1-2H3. The summed E-state index contributed by atoms with van der Waals surface area (Å²) < 4.78 is 4.96. The van der Waals surface area contributed by atoms with E-state index >= 15 is 0 Å². The molecule has 0 bridgehead atoms. The second-order valence-corrected chi connectivity index (χ2v) is 3.51. The largest absolute Gasteiger partial charge is 0.340 e. The molecule has 0 radical (unpaired) electrons. The fourth-order valence-electron chi connectivity index (χ4n) is 1.84. The van der Waals surface area contributed by atoms with Crippen molar-refractivity contribution in [3.8, 4) is 0 Å². The normalized spacial score (nSPS) is 17.4. The molecule has 1 aromatic rings. The van der Waals surface area contributed by atoms with Gasteiger partial charge in [-0.3, -0.25) is 0 Å². The topological polar surface area (TPSA) is 38.9 Å². The molecule has 3 heteroatoms. The monoisotopic (exact) mass is 196 g/mol. The summed E-state index contributed by atoms with van der Waals surface area (Å²) in [5.41, 5.74) is 0. The fraction of sp³-hybridized carbons (Fsp3) is 0.818. The minimum absolute atomic E-state index is 0.566. The maximum absolute atomic E-state index is 4.96. The van der Waals surface area contributed by atoms with Gasteiger partial charge in [0.1, 0.15) is 0 Å². The number of hydrogen-bond donors (Lipinski definition) is 0. The van der Waals surface area contributed by atoms with Crippen LogP contribution in [0.25, 0.3) is 0 Å². The van der Waals surface area contributed by atoms with Crippen LogP contribution in [0.3, 0.4) is 0 Å². The van der Waals surface area contributed by atoms with Crippen molar-refractivity contribution in [3.05, 3.63) is 11.7 Å². The Labute approximate surface area is 85.9 Å². The molecule has 1 saturated carbocycles. The van der Waals surface area contributed by atoms with Crippen LogP contribution < -0.4 is 0 Å². The first-order chi connectivity index (χ1) is 6.86. The number of aromatic nitrogens is 2. The summed E-state index contributed by atoms with van der Waals surface area (Å²) in [6.07, 6.45) is 6.47. The van der Waals surface area contributed by atoms with Gasteiger partial charge in [0.2, 0.25) is 5.89 Å². The van der Waals surface area contributed by atoms with Gasteiger partial charge in [-0.05, 0) is 12.8 Å². The summed E-state index contributed by atoms with van der Waals surface area (Å²) in [4.78, 5) is 4.26. The Morgan fingerprint density at radius 1 is 1.14 bits per heavy atom. The van der Waals surface area contributed by atoms with Crippen LogP contribution in [-0.4, -0.2) is 10.1 Å². The fourth-order valence-corrected chi connectivity index (χ4v) is 1.84. The van der Waals surface area contributed by atoms with E-state index in [9.17, 15) is 0 Å². The zero-order valence-corrected chi connectivity index (χ0v) is 9.42. The predicted molar refractivity (Wildman–Crippen MR) is 56.2 cm³/mol. The Hall–Kier alpha value is -0.860. The molecule has 1 fully saturated rings. The SMILES string of the molecule is CC.Cc1nc(C2CCCCC2)no1. The number of nitrogens with zero attached hydrogens (tertiary/aromatic N) is 2. The first-order valence-electron chi connectivity index (χ1n) is 5.66. The van der Waals surface area contributed by atoms with E-state index in [1.807, 2.05) is 20.8 Å². The van der Waals surface area contributed by atoms with E-state index in [1.54, 1.807) is 0 Å². The third-order valence-electron chi connectivity index (χ3n) is 2.51. The van der Waals surface area contributed by atoms with Crippen LogP contribution in [0.15, 0.2) is 4.52 Å². The molecule has 0 spiro atoms. The molecule has 1 aliphatic rings. The van der Waals surface area contributed by atoms with Gasteiger partial charge < -0.3 is 4.52 Å². The second kappa shape index (κ2) is 5.78. The van der Waals surface area contributed by atoms with E-state index in [-0.39, 0.29) is 0 Å². The molecular formula is C11H20N2O. The summed E-state index contributed by atoms with van der Waals surface area (Å²) in [7, 11) is 0. The number of aryl methyl sites for hydroxylation is 1. The minimum atomic E-state index is 0.566. The van der Waals surface area contributed by atoms with E-state index in [1.165, 1.54) is 32.1 Å². The quantitative estimate of drug-likeness (QED) is 0.690. The Bertz CT molecular complexity index is 252. The van der Waals surface area contributed by atoms with Crippen LogP contribution in [0.5, 0.6) is 0 Å².